The minimum Gasteiger partial charge on any atom is -0.320 e. The number of unbranched alkanes of at least 4 members (excludes halogenated alkanes) is 10. The summed E-state index contributed by atoms with van der Waals surface area (Å²) in [5.74, 6) is 0.671. The van der Waals surface area contributed by atoms with Gasteiger partial charge in [-0.2, -0.15) is 0 Å². The van der Waals surface area contributed by atoms with Gasteiger partial charge in [0.2, 0.25) is 17.1 Å². The van der Waals surface area contributed by atoms with Gasteiger partial charge in [0.15, 0.2) is 0 Å². The fraction of sp³-hybridized carbons (Fsp3) is 0.972. The zero-order valence-corrected chi connectivity index (χ0v) is 41.9. The van der Waals surface area contributed by atoms with E-state index in [-0.39, 0.29) is 40.7 Å². The van der Waals surface area contributed by atoms with Crippen molar-refractivity contribution in [2.24, 2.45) is 0 Å². The van der Waals surface area contributed by atoms with Crippen LogP contribution in [-0.4, -0.2) is 59.7 Å². The first kappa shape index (κ1) is 54.4. The van der Waals surface area contributed by atoms with Crippen LogP contribution in [-0.2, 0) is 67.4 Å². The van der Waals surface area contributed by atoms with Crippen LogP contribution in [0.4, 0.5) is 0 Å². The van der Waals surface area contributed by atoms with E-state index in [4.69, 9.17) is 62.6 Å². The maximum Gasteiger partial charge on any atom is 0.248 e. The normalized spacial score (nSPS) is 15.2. The molecule has 0 aliphatic rings. The third-order valence-corrected chi connectivity index (χ3v) is 24.1. The van der Waals surface area contributed by atoms with Gasteiger partial charge in [0.1, 0.15) is 5.78 Å². The van der Waals surface area contributed by atoms with Crippen LogP contribution in [0.5, 0.6) is 0 Å². The molecule has 2 unspecified atom stereocenters. The average Bonchev–Trinajstić information content (AvgIpc) is 2.99. The number of hydrogen-bond donors (Lipinski definition) is 0. The van der Waals surface area contributed by atoms with Gasteiger partial charge in [0, 0.05) is 22.7 Å². The molecule has 0 saturated heterocycles. The largest absolute Gasteiger partial charge is 0.320 e. The Bertz CT molecular complexity index is 971. The van der Waals surface area contributed by atoms with Crippen LogP contribution in [0.1, 0.15) is 172 Å². The van der Waals surface area contributed by atoms with Crippen LogP contribution in [0.3, 0.4) is 0 Å². The molecule has 0 radical (unpaired) electrons. The highest BCUT2D eigenvalue weighted by molar-refractivity contribution is 8.69. The van der Waals surface area contributed by atoms with Gasteiger partial charge in [-0.05, 0) is 111 Å². The monoisotopic (exact) mass is 904 g/mol. The molecule has 0 heterocycles. The molecule has 0 amide bonds. The molecule has 2 atom stereocenters. The van der Waals surface area contributed by atoms with Crippen LogP contribution in [0, 0.1) is 0 Å². The Morgan fingerprint density at radius 1 is 0.538 bits per heavy atom. The second-order valence-electron chi connectivity index (χ2n) is 14.4. The maximum absolute atomic E-state index is 12.0. The molecule has 0 aliphatic heterocycles. The first-order valence-corrected chi connectivity index (χ1v) is 32.2. The number of carbonyl (C=O) groups excluding carboxylic acids is 1. The lowest BCUT2D eigenvalue weighted by atomic mass is 10.1. The van der Waals surface area contributed by atoms with Crippen molar-refractivity contribution < 1.29 is 31.9 Å². The molecule has 0 rings (SSSR count). The minimum atomic E-state index is -2.87. The number of ketones is 1. The Kier molecular flexibility index (Phi) is 32.8. The summed E-state index contributed by atoms with van der Waals surface area (Å²) in [6.45, 7) is 22.9. The third kappa shape index (κ3) is 30.5. The predicted molar refractivity (Wildman–Crippen MR) is 246 cm³/mol. The Morgan fingerprint density at radius 2 is 0.865 bits per heavy atom. The molecule has 0 spiro atoms. The fourth-order valence-corrected chi connectivity index (χ4v) is 23.5. The molecular formula is C36H75O7P3S6. The molecule has 0 fully saturated rings. The predicted octanol–water partition coefficient (Wildman–Crippen LogP) is 14.8. The first-order valence-electron chi connectivity index (χ1n) is 19.7. The molecule has 7 nitrogen and oxygen atoms in total. The van der Waals surface area contributed by atoms with Crippen LogP contribution < -0.4 is 0 Å². The van der Waals surface area contributed by atoms with Crippen molar-refractivity contribution >= 4 is 92.4 Å². The van der Waals surface area contributed by atoms with Crippen molar-refractivity contribution in [3.63, 3.8) is 0 Å². The molecule has 0 aromatic rings. The fourth-order valence-electron chi connectivity index (χ4n) is 4.95. The molecule has 0 N–H and O–H groups in total. The maximum atomic E-state index is 12.0. The SMILES string of the molecule is CCCCCCCCC(COP(=S)(OCC(CCCCCCCC)SP(=S)(OC(C)C)OC(C)C)SCCC(C)=O)SP(=S)(OC(C)C)OC(C)C. The summed E-state index contributed by atoms with van der Waals surface area (Å²) >= 11 is 23.1. The molecule has 0 saturated carbocycles. The van der Waals surface area contributed by atoms with Gasteiger partial charge in [-0.25, -0.2) is 0 Å². The van der Waals surface area contributed by atoms with E-state index in [0.717, 1.165) is 38.5 Å². The highest BCUT2D eigenvalue weighted by atomic mass is 32.9. The van der Waals surface area contributed by atoms with Gasteiger partial charge in [-0.1, -0.05) is 125 Å². The summed E-state index contributed by atoms with van der Waals surface area (Å²) in [5, 5.41) is 0.0690. The standard InChI is InChI=1S/C36H75O7P3S6/c1-12-14-16-18-20-22-24-35(51-45(48,40-30(3)4)41-31(5)6)28-38-44(47,50-27-26-34(11)37)39-29-36(25-23-21-19-17-15-13-2)52-46(49,42-32(7)8)43-33(9)10/h30-33,35-36H,12-29H2,1-11H3. The summed E-state index contributed by atoms with van der Waals surface area (Å²) < 4.78 is 38.6. The van der Waals surface area contributed by atoms with Crippen molar-refractivity contribution in [1.82, 2.24) is 0 Å². The third-order valence-electron chi connectivity index (χ3n) is 7.22. The summed E-state index contributed by atoms with van der Waals surface area (Å²) in [5.41, 5.74) is -8.18. The van der Waals surface area contributed by atoms with E-state index in [9.17, 15) is 4.79 Å². The van der Waals surface area contributed by atoms with E-state index in [2.05, 4.69) is 13.8 Å². The van der Waals surface area contributed by atoms with Crippen LogP contribution in [0.2, 0.25) is 0 Å². The molecule has 0 aliphatic carbocycles. The number of Topliss-reactive ketones (excluding diaryl/α,β-unsaturated/α-hetero) is 1. The molecule has 0 bridgehead atoms. The Morgan fingerprint density at radius 3 is 1.17 bits per heavy atom. The zero-order valence-electron chi connectivity index (χ0n) is 34.3. The Hall–Kier alpha value is 2.43. The second kappa shape index (κ2) is 31.4. The van der Waals surface area contributed by atoms with Crippen molar-refractivity contribution in [1.29, 1.82) is 0 Å². The minimum absolute atomic E-state index is 0.0345. The number of hydrogen-bond acceptors (Lipinski definition) is 13. The average molecular weight is 905 g/mol. The molecule has 16 heteroatoms. The van der Waals surface area contributed by atoms with Crippen molar-refractivity contribution in [2.45, 2.75) is 207 Å². The van der Waals surface area contributed by atoms with Gasteiger partial charge in [-0.15, -0.1) is 0 Å². The lowest BCUT2D eigenvalue weighted by Gasteiger charge is -2.32. The molecule has 0 aromatic heterocycles. The lowest BCUT2D eigenvalue weighted by molar-refractivity contribution is -0.116. The van der Waals surface area contributed by atoms with Gasteiger partial charge in [0.05, 0.1) is 37.6 Å². The van der Waals surface area contributed by atoms with Crippen molar-refractivity contribution in [2.75, 3.05) is 19.0 Å². The van der Waals surface area contributed by atoms with E-state index in [0.29, 0.717) is 25.4 Å². The lowest BCUT2D eigenvalue weighted by Crippen LogP contribution is -2.17. The van der Waals surface area contributed by atoms with E-state index >= 15 is 0 Å². The van der Waals surface area contributed by atoms with Gasteiger partial charge < -0.3 is 27.1 Å². The van der Waals surface area contributed by atoms with E-state index in [1.165, 1.54) is 62.7 Å². The summed E-state index contributed by atoms with van der Waals surface area (Å²) in [4.78, 5) is 12.0. The van der Waals surface area contributed by atoms with Crippen LogP contribution in [0.15, 0.2) is 0 Å². The van der Waals surface area contributed by atoms with Gasteiger partial charge >= 0.3 is 0 Å². The van der Waals surface area contributed by atoms with Gasteiger partial charge in [0.25, 0.3) is 0 Å². The van der Waals surface area contributed by atoms with E-state index < -0.39 is 17.1 Å². The van der Waals surface area contributed by atoms with E-state index in [1.54, 1.807) is 29.7 Å². The molecular weight excluding hydrogens is 830 g/mol. The Labute approximate surface area is 348 Å². The number of rotatable bonds is 36. The molecule has 312 valence electrons. The van der Waals surface area contributed by atoms with Crippen molar-refractivity contribution in [3.8, 4) is 0 Å². The highest BCUT2D eigenvalue weighted by Crippen LogP contribution is 2.68. The molecule has 52 heavy (non-hydrogen) atoms. The van der Waals surface area contributed by atoms with E-state index in [1.807, 2.05) is 55.4 Å². The Balaban J connectivity index is 6.23. The van der Waals surface area contributed by atoms with Crippen molar-refractivity contribution in [3.05, 3.63) is 0 Å². The summed E-state index contributed by atoms with van der Waals surface area (Å²) in [7, 11) is 0. The summed E-state index contributed by atoms with van der Waals surface area (Å²) in [6.07, 6.45) is 16.4. The summed E-state index contributed by atoms with van der Waals surface area (Å²) in [6, 6.07) is 0. The van der Waals surface area contributed by atoms with Crippen LogP contribution >= 0.6 is 51.2 Å². The van der Waals surface area contributed by atoms with Crippen LogP contribution in [0.25, 0.3) is 0 Å². The molecule has 0 aromatic carbocycles. The number of carbonyl (C=O) groups is 1. The zero-order chi connectivity index (χ0) is 39.6. The topological polar surface area (TPSA) is 72.5 Å². The van der Waals surface area contributed by atoms with Gasteiger partial charge in [-0.3, -0.25) is 4.79 Å². The smallest absolute Gasteiger partial charge is 0.248 e. The highest BCUT2D eigenvalue weighted by Gasteiger charge is 2.33. The second-order valence-corrected chi connectivity index (χ2v) is 33.6. The quantitative estimate of drug-likeness (QED) is 0.0443. The first-order chi connectivity index (χ1) is 24.4.